The molecular formula is C19H23N3O4. The fraction of sp³-hybridized carbons (Fsp3) is 0.526. The van der Waals surface area contributed by atoms with Crippen LogP contribution in [0.25, 0.3) is 0 Å². The van der Waals surface area contributed by atoms with Crippen LogP contribution in [0.4, 0.5) is 5.69 Å². The molecule has 2 aliphatic heterocycles. The minimum atomic E-state index is -0.510. The van der Waals surface area contributed by atoms with Crippen LogP contribution in [-0.4, -0.2) is 59.8 Å². The van der Waals surface area contributed by atoms with Gasteiger partial charge in [-0.25, -0.2) is 0 Å². The van der Waals surface area contributed by atoms with Crippen molar-refractivity contribution in [1.82, 2.24) is 9.80 Å². The minimum absolute atomic E-state index is 0.0416. The number of benzene rings is 1. The second-order valence-corrected chi connectivity index (χ2v) is 7.24. The molecule has 7 heteroatoms. The first kappa shape index (κ1) is 16.9. The molecule has 2 heterocycles. The minimum Gasteiger partial charge on any atom is -0.479 e. The monoisotopic (exact) mass is 357 g/mol. The van der Waals surface area contributed by atoms with Gasteiger partial charge in [0.1, 0.15) is 5.75 Å². The Labute approximate surface area is 152 Å². The van der Waals surface area contributed by atoms with E-state index in [4.69, 9.17) is 4.74 Å². The van der Waals surface area contributed by atoms with Gasteiger partial charge in [0.15, 0.2) is 6.10 Å². The van der Waals surface area contributed by atoms with Crippen LogP contribution in [0.2, 0.25) is 0 Å². The molecule has 26 heavy (non-hydrogen) atoms. The van der Waals surface area contributed by atoms with E-state index in [1.54, 1.807) is 19.1 Å². The number of amides is 3. The number of hydrogen-bond acceptors (Lipinski definition) is 4. The maximum atomic E-state index is 12.6. The summed E-state index contributed by atoms with van der Waals surface area (Å²) >= 11 is 0. The van der Waals surface area contributed by atoms with E-state index in [1.165, 1.54) is 0 Å². The summed E-state index contributed by atoms with van der Waals surface area (Å²) in [5, 5.41) is 2.80. The standard InChI is InChI=1S/C19H23N3O4/c1-12-18(24)20-15-10-13(2-5-16(15)26-12)11-17(23)21-6-8-22(9-7-21)19(25)14-3-4-14/h2,5,10,12,14H,3-4,6-9,11H2,1H3,(H,20,24). The molecule has 0 bridgehead atoms. The van der Waals surface area contributed by atoms with Crippen LogP contribution in [-0.2, 0) is 20.8 Å². The van der Waals surface area contributed by atoms with Crippen molar-refractivity contribution >= 4 is 23.4 Å². The molecule has 1 saturated heterocycles. The largest absolute Gasteiger partial charge is 0.479 e. The molecule has 1 aromatic rings. The number of nitrogens with one attached hydrogen (secondary N) is 1. The van der Waals surface area contributed by atoms with Crippen molar-refractivity contribution in [2.75, 3.05) is 31.5 Å². The summed E-state index contributed by atoms with van der Waals surface area (Å²) in [6, 6.07) is 5.44. The quantitative estimate of drug-likeness (QED) is 0.876. The summed E-state index contributed by atoms with van der Waals surface area (Å²) in [7, 11) is 0. The Morgan fingerprint density at radius 3 is 2.54 bits per heavy atom. The molecule has 3 amide bonds. The van der Waals surface area contributed by atoms with Crippen molar-refractivity contribution < 1.29 is 19.1 Å². The van der Waals surface area contributed by atoms with Crippen LogP contribution >= 0.6 is 0 Å². The van der Waals surface area contributed by atoms with Gasteiger partial charge in [-0.1, -0.05) is 6.07 Å². The summed E-state index contributed by atoms with van der Waals surface area (Å²) < 4.78 is 5.53. The normalized spacial score (nSPS) is 22.3. The highest BCUT2D eigenvalue weighted by Gasteiger charge is 2.35. The zero-order chi connectivity index (χ0) is 18.3. The molecule has 138 valence electrons. The maximum Gasteiger partial charge on any atom is 0.265 e. The summed E-state index contributed by atoms with van der Waals surface area (Å²) in [4.78, 5) is 40.1. The number of fused-ring (bicyclic) bond motifs is 1. The molecule has 0 spiro atoms. The number of carbonyl (C=O) groups is 3. The molecule has 4 rings (SSSR count). The van der Waals surface area contributed by atoms with Gasteiger partial charge in [-0.05, 0) is 37.5 Å². The number of ether oxygens (including phenoxy) is 1. The van der Waals surface area contributed by atoms with Gasteiger partial charge in [0.05, 0.1) is 12.1 Å². The van der Waals surface area contributed by atoms with E-state index in [0.717, 1.165) is 18.4 Å². The molecule has 1 unspecified atom stereocenters. The predicted molar refractivity (Wildman–Crippen MR) is 94.7 cm³/mol. The van der Waals surface area contributed by atoms with E-state index in [-0.39, 0.29) is 30.1 Å². The molecule has 1 N–H and O–H groups in total. The summed E-state index contributed by atoms with van der Waals surface area (Å²) in [6.07, 6.45) is 1.78. The molecule has 1 aromatic carbocycles. The molecule has 0 radical (unpaired) electrons. The number of hydrogen-bond donors (Lipinski definition) is 1. The van der Waals surface area contributed by atoms with Gasteiger partial charge in [-0.3, -0.25) is 14.4 Å². The van der Waals surface area contributed by atoms with Gasteiger partial charge in [-0.15, -0.1) is 0 Å². The van der Waals surface area contributed by atoms with Crippen molar-refractivity contribution in [3.63, 3.8) is 0 Å². The van der Waals surface area contributed by atoms with Crippen LogP contribution in [0.3, 0.4) is 0 Å². The van der Waals surface area contributed by atoms with Crippen molar-refractivity contribution in [1.29, 1.82) is 0 Å². The van der Waals surface area contributed by atoms with Gasteiger partial charge in [0.2, 0.25) is 11.8 Å². The van der Waals surface area contributed by atoms with Gasteiger partial charge in [-0.2, -0.15) is 0 Å². The van der Waals surface area contributed by atoms with Crippen LogP contribution in [0, 0.1) is 5.92 Å². The van der Waals surface area contributed by atoms with Crippen LogP contribution < -0.4 is 10.1 Å². The predicted octanol–water partition coefficient (Wildman–Crippen LogP) is 1.03. The number of rotatable bonds is 3. The number of anilines is 1. The van der Waals surface area contributed by atoms with Gasteiger partial charge < -0.3 is 19.9 Å². The molecule has 1 aliphatic carbocycles. The number of carbonyl (C=O) groups excluding carboxylic acids is 3. The lowest BCUT2D eigenvalue weighted by atomic mass is 10.1. The Hall–Kier alpha value is -2.57. The fourth-order valence-corrected chi connectivity index (χ4v) is 3.42. The third kappa shape index (κ3) is 3.38. The van der Waals surface area contributed by atoms with E-state index < -0.39 is 6.10 Å². The van der Waals surface area contributed by atoms with Crippen molar-refractivity contribution in [3.05, 3.63) is 23.8 Å². The van der Waals surface area contributed by atoms with Crippen molar-refractivity contribution in [2.24, 2.45) is 5.92 Å². The average molecular weight is 357 g/mol. The Kier molecular flexibility index (Phi) is 4.30. The van der Waals surface area contributed by atoms with Gasteiger partial charge >= 0.3 is 0 Å². The first-order valence-electron chi connectivity index (χ1n) is 9.18. The highest BCUT2D eigenvalue weighted by atomic mass is 16.5. The first-order chi connectivity index (χ1) is 12.5. The molecule has 2 fully saturated rings. The number of piperazine rings is 1. The molecule has 0 aromatic heterocycles. The first-order valence-corrected chi connectivity index (χ1v) is 9.18. The third-order valence-electron chi connectivity index (χ3n) is 5.20. The lowest BCUT2D eigenvalue weighted by Crippen LogP contribution is -2.51. The summed E-state index contributed by atoms with van der Waals surface area (Å²) in [5.41, 5.74) is 1.45. The smallest absolute Gasteiger partial charge is 0.265 e. The molecule has 1 atom stereocenters. The topological polar surface area (TPSA) is 79.0 Å². The molecule has 7 nitrogen and oxygen atoms in total. The Morgan fingerprint density at radius 1 is 1.15 bits per heavy atom. The fourth-order valence-electron chi connectivity index (χ4n) is 3.42. The van der Waals surface area contributed by atoms with E-state index >= 15 is 0 Å². The zero-order valence-corrected chi connectivity index (χ0v) is 14.9. The van der Waals surface area contributed by atoms with E-state index in [0.29, 0.717) is 37.6 Å². The summed E-state index contributed by atoms with van der Waals surface area (Å²) in [6.45, 7) is 4.10. The Morgan fingerprint density at radius 2 is 1.85 bits per heavy atom. The van der Waals surface area contributed by atoms with Crippen molar-refractivity contribution in [3.8, 4) is 5.75 Å². The third-order valence-corrected chi connectivity index (χ3v) is 5.20. The SMILES string of the molecule is CC1Oc2ccc(CC(=O)N3CCN(C(=O)C4CC4)CC3)cc2NC1=O. The van der Waals surface area contributed by atoms with E-state index in [9.17, 15) is 14.4 Å². The maximum absolute atomic E-state index is 12.6. The second-order valence-electron chi connectivity index (χ2n) is 7.24. The molecule has 3 aliphatic rings. The zero-order valence-electron chi connectivity index (χ0n) is 14.9. The van der Waals surface area contributed by atoms with Crippen LogP contribution in [0.1, 0.15) is 25.3 Å². The molecule has 1 saturated carbocycles. The van der Waals surface area contributed by atoms with E-state index in [1.807, 2.05) is 15.9 Å². The van der Waals surface area contributed by atoms with Crippen LogP contribution in [0.5, 0.6) is 5.75 Å². The van der Waals surface area contributed by atoms with E-state index in [2.05, 4.69) is 5.32 Å². The second kappa shape index (κ2) is 6.63. The highest BCUT2D eigenvalue weighted by Crippen LogP contribution is 2.32. The lowest BCUT2D eigenvalue weighted by Gasteiger charge is -2.35. The van der Waals surface area contributed by atoms with Crippen LogP contribution in [0.15, 0.2) is 18.2 Å². The lowest BCUT2D eigenvalue weighted by molar-refractivity contribution is -0.140. The highest BCUT2D eigenvalue weighted by molar-refractivity contribution is 5.97. The number of nitrogens with zero attached hydrogens (tertiary/aromatic N) is 2. The summed E-state index contributed by atoms with van der Waals surface area (Å²) in [5.74, 6) is 0.961. The molecular weight excluding hydrogens is 334 g/mol. The Balaban J connectivity index is 1.34. The van der Waals surface area contributed by atoms with Crippen molar-refractivity contribution in [2.45, 2.75) is 32.3 Å². The van der Waals surface area contributed by atoms with Gasteiger partial charge in [0.25, 0.3) is 5.91 Å². The average Bonchev–Trinajstić information content (AvgIpc) is 3.47. The Bertz CT molecular complexity index is 751. The van der Waals surface area contributed by atoms with Gasteiger partial charge in [0, 0.05) is 32.1 Å².